The monoisotopic (exact) mass is 386 g/mol. The fourth-order valence-electron chi connectivity index (χ4n) is 3.12. The highest BCUT2D eigenvalue weighted by atomic mass is 19.4. The van der Waals surface area contributed by atoms with E-state index in [1.54, 1.807) is 10.6 Å². The maximum atomic E-state index is 13.5. The van der Waals surface area contributed by atoms with Crippen molar-refractivity contribution in [2.24, 2.45) is 0 Å². The minimum Gasteiger partial charge on any atom is -0.496 e. The summed E-state index contributed by atoms with van der Waals surface area (Å²) in [6, 6.07) is 15.0. The summed E-state index contributed by atoms with van der Waals surface area (Å²) in [6.07, 6.45) is -2.94. The van der Waals surface area contributed by atoms with E-state index in [0.29, 0.717) is 22.5 Å². The quantitative estimate of drug-likeness (QED) is 0.413. The van der Waals surface area contributed by atoms with Crippen LogP contribution < -0.4 is 4.74 Å². The predicted octanol–water partition coefficient (Wildman–Crippen LogP) is 5.86. The van der Waals surface area contributed by atoms with Crippen LogP contribution in [0.5, 0.6) is 5.75 Å². The first kappa shape index (κ1) is 18.0. The van der Waals surface area contributed by atoms with E-state index in [4.69, 9.17) is 4.74 Å². The summed E-state index contributed by atoms with van der Waals surface area (Å²) in [5, 5.41) is 0. The van der Waals surface area contributed by atoms with E-state index in [2.05, 4.69) is 4.98 Å². The molecule has 7 heteroatoms. The number of imidazole rings is 1. The van der Waals surface area contributed by atoms with Crippen LogP contribution >= 0.6 is 0 Å². The molecule has 1 heterocycles. The number of ether oxygens (including phenoxy) is 1. The Balaban J connectivity index is 1.80. The average Bonchev–Trinajstić information content (AvgIpc) is 3.10. The molecule has 0 unspecified atom stereocenters. The van der Waals surface area contributed by atoms with Crippen molar-refractivity contribution in [2.75, 3.05) is 7.11 Å². The third-order valence-electron chi connectivity index (χ3n) is 4.47. The topological polar surface area (TPSA) is 27.1 Å². The molecule has 0 aliphatic carbocycles. The zero-order valence-electron chi connectivity index (χ0n) is 14.7. The largest absolute Gasteiger partial charge is 0.496 e. The lowest BCUT2D eigenvalue weighted by Gasteiger charge is -2.11. The molecule has 0 spiro atoms. The second kappa shape index (κ2) is 6.67. The first-order chi connectivity index (χ1) is 13.4. The van der Waals surface area contributed by atoms with Crippen LogP contribution in [0.2, 0.25) is 0 Å². The third kappa shape index (κ3) is 3.19. The Kier molecular flexibility index (Phi) is 4.30. The lowest BCUT2D eigenvalue weighted by molar-refractivity contribution is -0.137. The molecule has 0 aliphatic rings. The summed E-state index contributed by atoms with van der Waals surface area (Å²) in [7, 11) is 1.46. The number of benzene rings is 3. The van der Waals surface area contributed by atoms with Gasteiger partial charge in [0.15, 0.2) is 0 Å². The molecule has 0 fully saturated rings. The molecule has 3 aromatic carbocycles. The van der Waals surface area contributed by atoms with Crippen molar-refractivity contribution in [3.05, 3.63) is 78.4 Å². The number of hydrogen-bond donors (Lipinski definition) is 0. The summed E-state index contributed by atoms with van der Waals surface area (Å²) < 4.78 is 59.2. The van der Waals surface area contributed by atoms with E-state index in [9.17, 15) is 17.6 Å². The lowest BCUT2D eigenvalue weighted by atomic mass is 10.0. The van der Waals surface area contributed by atoms with E-state index in [-0.39, 0.29) is 5.52 Å². The Morgan fingerprint density at radius 1 is 0.964 bits per heavy atom. The van der Waals surface area contributed by atoms with Gasteiger partial charge < -0.3 is 4.74 Å². The SMILES string of the molecule is COc1cc(F)ccc1-c1cccc(-n2cnc3cc(C(F)(F)F)ccc32)c1. The zero-order chi connectivity index (χ0) is 19.9. The molecule has 4 rings (SSSR count). The number of fused-ring (bicyclic) bond motifs is 1. The Morgan fingerprint density at radius 3 is 2.54 bits per heavy atom. The van der Waals surface area contributed by atoms with E-state index < -0.39 is 17.6 Å². The minimum atomic E-state index is -4.42. The summed E-state index contributed by atoms with van der Waals surface area (Å²) in [5.74, 6) is -0.0136. The summed E-state index contributed by atoms with van der Waals surface area (Å²) >= 11 is 0. The molecule has 142 valence electrons. The second-order valence-electron chi connectivity index (χ2n) is 6.21. The fourth-order valence-corrected chi connectivity index (χ4v) is 3.12. The molecule has 0 saturated heterocycles. The molecule has 1 aromatic heterocycles. The van der Waals surface area contributed by atoms with Gasteiger partial charge in [-0.05, 0) is 48.0 Å². The highest BCUT2D eigenvalue weighted by Gasteiger charge is 2.30. The van der Waals surface area contributed by atoms with Crippen LogP contribution in [-0.4, -0.2) is 16.7 Å². The van der Waals surface area contributed by atoms with E-state index >= 15 is 0 Å². The molecule has 0 saturated carbocycles. The molecule has 3 nitrogen and oxygen atoms in total. The number of hydrogen-bond acceptors (Lipinski definition) is 2. The molecule has 0 atom stereocenters. The molecular formula is C21H14F4N2O. The second-order valence-corrected chi connectivity index (χ2v) is 6.21. The molecule has 4 aromatic rings. The molecule has 0 aliphatic heterocycles. The molecule has 0 amide bonds. The summed E-state index contributed by atoms with van der Waals surface area (Å²) in [6.45, 7) is 0. The standard InChI is InChI=1S/C21H14F4N2O/c1-28-20-11-15(22)6-7-17(20)13-3-2-4-16(9-13)27-12-26-18-10-14(21(23,24)25)5-8-19(18)27/h2-12H,1H3. The van der Waals surface area contributed by atoms with Gasteiger partial charge in [0.05, 0.1) is 23.7 Å². The molecule has 0 radical (unpaired) electrons. The van der Waals surface area contributed by atoms with E-state index in [1.165, 1.54) is 31.6 Å². The van der Waals surface area contributed by atoms with Crippen molar-refractivity contribution in [2.45, 2.75) is 6.18 Å². The van der Waals surface area contributed by atoms with Crippen LogP contribution in [0.15, 0.2) is 67.0 Å². The molecule has 0 bridgehead atoms. The normalized spacial score (nSPS) is 11.8. The van der Waals surface area contributed by atoms with Gasteiger partial charge in [0.1, 0.15) is 17.9 Å². The average molecular weight is 386 g/mol. The Hall–Kier alpha value is -3.35. The molecular weight excluding hydrogens is 372 g/mol. The smallest absolute Gasteiger partial charge is 0.416 e. The van der Waals surface area contributed by atoms with Gasteiger partial charge in [-0.3, -0.25) is 4.57 Å². The third-order valence-corrected chi connectivity index (χ3v) is 4.47. The van der Waals surface area contributed by atoms with Gasteiger partial charge in [0.25, 0.3) is 0 Å². The first-order valence-electron chi connectivity index (χ1n) is 8.35. The highest BCUT2D eigenvalue weighted by Crippen LogP contribution is 2.34. The van der Waals surface area contributed by atoms with Crippen molar-refractivity contribution < 1.29 is 22.3 Å². The summed E-state index contributed by atoms with van der Waals surface area (Å²) in [4.78, 5) is 4.11. The number of halogens is 4. The molecule has 0 N–H and O–H groups in total. The van der Waals surface area contributed by atoms with Crippen LogP contribution in [-0.2, 0) is 6.18 Å². The Labute approximate surface area is 157 Å². The van der Waals surface area contributed by atoms with Crippen LogP contribution in [0.25, 0.3) is 27.8 Å². The van der Waals surface area contributed by atoms with E-state index in [1.807, 2.05) is 24.3 Å². The number of alkyl halides is 3. The van der Waals surface area contributed by atoms with Crippen molar-refractivity contribution in [1.29, 1.82) is 0 Å². The zero-order valence-corrected chi connectivity index (χ0v) is 14.7. The van der Waals surface area contributed by atoms with Gasteiger partial charge in [-0.1, -0.05) is 12.1 Å². The fraction of sp³-hybridized carbons (Fsp3) is 0.0952. The van der Waals surface area contributed by atoms with Gasteiger partial charge in [0, 0.05) is 17.3 Å². The van der Waals surface area contributed by atoms with E-state index in [0.717, 1.165) is 17.7 Å². The van der Waals surface area contributed by atoms with Crippen LogP contribution in [0.1, 0.15) is 5.56 Å². The van der Waals surface area contributed by atoms with Gasteiger partial charge in [-0.15, -0.1) is 0 Å². The number of aromatic nitrogens is 2. The first-order valence-corrected chi connectivity index (χ1v) is 8.35. The summed E-state index contributed by atoms with van der Waals surface area (Å²) in [5.41, 5.74) is 2.26. The highest BCUT2D eigenvalue weighted by molar-refractivity contribution is 5.79. The Morgan fingerprint density at radius 2 is 1.79 bits per heavy atom. The minimum absolute atomic E-state index is 0.250. The Bertz CT molecular complexity index is 1160. The maximum absolute atomic E-state index is 13.5. The molecule has 28 heavy (non-hydrogen) atoms. The predicted molar refractivity (Wildman–Crippen MR) is 98.0 cm³/mol. The van der Waals surface area contributed by atoms with Crippen molar-refractivity contribution >= 4 is 11.0 Å². The van der Waals surface area contributed by atoms with Gasteiger partial charge >= 0.3 is 6.18 Å². The van der Waals surface area contributed by atoms with Gasteiger partial charge in [-0.25, -0.2) is 9.37 Å². The van der Waals surface area contributed by atoms with Crippen LogP contribution in [0, 0.1) is 5.82 Å². The number of nitrogens with zero attached hydrogens (tertiary/aromatic N) is 2. The maximum Gasteiger partial charge on any atom is 0.416 e. The lowest BCUT2D eigenvalue weighted by Crippen LogP contribution is -2.04. The van der Waals surface area contributed by atoms with Gasteiger partial charge in [0.2, 0.25) is 0 Å². The number of methoxy groups -OCH3 is 1. The van der Waals surface area contributed by atoms with Crippen LogP contribution in [0.3, 0.4) is 0 Å². The van der Waals surface area contributed by atoms with Crippen molar-refractivity contribution in [1.82, 2.24) is 9.55 Å². The number of rotatable bonds is 3. The van der Waals surface area contributed by atoms with Crippen molar-refractivity contribution in [3.63, 3.8) is 0 Å². The van der Waals surface area contributed by atoms with Gasteiger partial charge in [-0.2, -0.15) is 13.2 Å². The van der Waals surface area contributed by atoms with Crippen LogP contribution in [0.4, 0.5) is 17.6 Å². The van der Waals surface area contributed by atoms with Crippen molar-refractivity contribution in [3.8, 4) is 22.6 Å².